The summed E-state index contributed by atoms with van der Waals surface area (Å²) >= 11 is 0. The maximum absolute atomic E-state index is 15.5. The van der Waals surface area contributed by atoms with Gasteiger partial charge in [-0.2, -0.15) is 0 Å². The molecule has 0 amide bonds. The van der Waals surface area contributed by atoms with Crippen molar-refractivity contribution in [2.45, 2.75) is 39.3 Å². The first-order chi connectivity index (χ1) is 21.1. The zero-order valence-electron chi connectivity index (χ0n) is 23.5. The number of aryl methyl sites for hydroxylation is 1. The average Bonchev–Trinajstić information content (AvgIpc) is 3.69. The zero-order chi connectivity index (χ0) is 31.2. The molecule has 6 rings (SSSR count). The minimum Gasteiger partial charge on any atom is -0.478 e. The Labute approximate surface area is 248 Å². The van der Waals surface area contributed by atoms with Crippen molar-refractivity contribution in [2.24, 2.45) is 5.41 Å². The molecule has 11 heteroatoms. The van der Waals surface area contributed by atoms with E-state index < -0.39 is 41.3 Å². The van der Waals surface area contributed by atoms with Gasteiger partial charge in [0.15, 0.2) is 5.82 Å². The van der Waals surface area contributed by atoms with Crippen molar-refractivity contribution in [3.8, 4) is 17.1 Å². The van der Waals surface area contributed by atoms with Crippen LogP contribution >= 0.6 is 0 Å². The standard InChI is InChI=1S/C33H26F5N3O3/c1-18-5-6-19(23(35)9-18)15-44-30-4-2-3-27(39-30)22-14-24(36)20(10-25(22)37)13-29-40-31-26(38)11-21(32(42)43)12-28(31)41(29)17-33(16-34)7-8-33/h2-6,9-12,14H,7-8,13,15-17H2,1H3,(H,42,43). The molecule has 0 saturated heterocycles. The molecule has 1 fully saturated rings. The van der Waals surface area contributed by atoms with Gasteiger partial charge in [-0.1, -0.05) is 18.2 Å². The molecule has 226 valence electrons. The van der Waals surface area contributed by atoms with Gasteiger partial charge in [0.2, 0.25) is 5.88 Å². The molecule has 3 aromatic carbocycles. The summed E-state index contributed by atoms with van der Waals surface area (Å²) in [7, 11) is 0. The number of hydrogen-bond acceptors (Lipinski definition) is 4. The molecule has 0 unspecified atom stereocenters. The average molecular weight is 608 g/mol. The predicted octanol–water partition coefficient (Wildman–Crippen LogP) is 7.58. The Kier molecular flexibility index (Phi) is 7.56. The van der Waals surface area contributed by atoms with Crippen LogP contribution in [0.5, 0.6) is 5.88 Å². The number of carboxylic acid groups (broad SMARTS) is 1. The Morgan fingerprint density at radius 1 is 0.932 bits per heavy atom. The van der Waals surface area contributed by atoms with Crippen molar-refractivity contribution >= 4 is 17.0 Å². The van der Waals surface area contributed by atoms with E-state index in [0.717, 1.165) is 23.8 Å². The topological polar surface area (TPSA) is 77.2 Å². The highest BCUT2D eigenvalue weighted by atomic mass is 19.1. The summed E-state index contributed by atoms with van der Waals surface area (Å²) in [6.45, 7) is 1.10. The summed E-state index contributed by atoms with van der Waals surface area (Å²) < 4.78 is 81.0. The van der Waals surface area contributed by atoms with Crippen LogP contribution in [0.4, 0.5) is 22.0 Å². The third-order valence-corrected chi connectivity index (χ3v) is 7.94. The minimum atomic E-state index is -1.35. The largest absolute Gasteiger partial charge is 0.478 e. The van der Waals surface area contributed by atoms with Gasteiger partial charge in [0, 0.05) is 35.6 Å². The number of imidazole rings is 1. The Morgan fingerprint density at radius 3 is 2.41 bits per heavy atom. The molecule has 1 aliphatic rings. The molecule has 0 atom stereocenters. The normalized spacial score (nSPS) is 13.8. The lowest BCUT2D eigenvalue weighted by molar-refractivity contribution is 0.0696. The molecule has 0 radical (unpaired) electrons. The number of ether oxygens (including phenoxy) is 1. The van der Waals surface area contributed by atoms with Gasteiger partial charge in [0.05, 0.1) is 23.4 Å². The van der Waals surface area contributed by atoms with Gasteiger partial charge in [-0.05, 0) is 67.3 Å². The summed E-state index contributed by atoms with van der Waals surface area (Å²) in [4.78, 5) is 20.1. The molecule has 44 heavy (non-hydrogen) atoms. The Morgan fingerprint density at radius 2 is 1.70 bits per heavy atom. The lowest BCUT2D eigenvalue weighted by atomic mass is 10.0. The molecule has 2 heterocycles. The minimum absolute atomic E-state index is 0.0865. The maximum Gasteiger partial charge on any atom is 0.335 e. The molecular weight excluding hydrogens is 581 g/mol. The lowest BCUT2D eigenvalue weighted by Gasteiger charge is -2.16. The number of aromatic carboxylic acids is 1. The van der Waals surface area contributed by atoms with Gasteiger partial charge >= 0.3 is 5.97 Å². The van der Waals surface area contributed by atoms with Crippen molar-refractivity contribution in [1.82, 2.24) is 14.5 Å². The van der Waals surface area contributed by atoms with Crippen LogP contribution in [0.1, 0.15) is 45.7 Å². The molecule has 6 nitrogen and oxygen atoms in total. The van der Waals surface area contributed by atoms with Crippen LogP contribution in [0, 0.1) is 35.6 Å². The molecule has 5 aromatic rings. The lowest BCUT2D eigenvalue weighted by Crippen LogP contribution is -2.16. The highest BCUT2D eigenvalue weighted by Gasteiger charge is 2.44. The maximum atomic E-state index is 15.5. The monoisotopic (exact) mass is 607 g/mol. The fourth-order valence-corrected chi connectivity index (χ4v) is 5.17. The van der Waals surface area contributed by atoms with Crippen LogP contribution in [0.2, 0.25) is 0 Å². The van der Waals surface area contributed by atoms with Crippen molar-refractivity contribution in [2.75, 3.05) is 6.67 Å². The first-order valence-electron chi connectivity index (χ1n) is 13.9. The number of pyridine rings is 1. The first kappa shape index (κ1) is 29.3. The second kappa shape index (κ2) is 11.4. The van der Waals surface area contributed by atoms with E-state index in [4.69, 9.17) is 4.74 Å². The van der Waals surface area contributed by atoms with Crippen molar-refractivity contribution in [1.29, 1.82) is 0 Å². The fraction of sp³-hybridized carbons (Fsp3) is 0.242. The molecule has 0 spiro atoms. The van der Waals surface area contributed by atoms with Crippen molar-refractivity contribution < 1.29 is 36.6 Å². The third kappa shape index (κ3) is 5.73. The van der Waals surface area contributed by atoms with E-state index in [-0.39, 0.29) is 64.7 Å². The zero-order valence-corrected chi connectivity index (χ0v) is 23.5. The van der Waals surface area contributed by atoms with Gasteiger partial charge in [-0.15, -0.1) is 0 Å². The highest BCUT2D eigenvalue weighted by molar-refractivity contribution is 5.92. The number of benzene rings is 3. The second-order valence-electron chi connectivity index (χ2n) is 11.2. The summed E-state index contributed by atoms with van der Waals surface area (Å²) in [5, 5.41) is 9.42. The number of fused-ring (bicyclic) bond motifs is 1. The third-order valence-electron chi connectivity index (χ3n) is 7.94. The number of carbonyl (C=O) groups is 1. The number of halogens is 5. The van der Waals surface area contributed by atoms with Crippen LogP contribution in [-0.2, 0) is 19.6 Å². The van der Waals surface area contributed by atoms with E-state index in [1.54, 1.807) is 25.1 Å². The second-order valence-corrected chi connectivity index (χ2v) is 11.2. The van der Waals surface area contributed by atoms with Crippen LogP contribution in [-0.4, -0.2) is 32.3 Å². The molecule has 2 aromatic heterocycles. The van der Waals surface area contributed by atoms with Gasteiger partial charge < -0.3 is 14.4 Å². The van der Waals surface area contributed by atoms with E-state index >= 15 is 8.78 Å². The smallest absolute Gasteiger partial charge is 0.335 e. The molecule has 0 bridgehead atoms. The summed E-state index contributed by atoms with van der Waals surface area (Å²) in [5.74, 6) is -4.01. The number of nitrogens with zero attached hydrogens (tertiary/aromatic N) is 3. The molecule has 1 N–H and O–H groups in total. The summed E-state index contributed by atoms with van der Waals surface area (Å²) in [6, 6.07) is 13.3. The molecular formula is C33H26F5N3O3. The number of aromatic nitrogens is 3. The van der Waals surface area contributed by atoms with E-state index in [2.05, 4.69) is 9.97 Å². The number of carboxylic acids is 1. The van der Waals surface area contributed by atoms with Crippen LogP contribution in [0.3, 0.4) is 0 Å². The van der Waals surface area contributed by atoms with Crippen LogP contribution in [0.15, 0.2) is 60.7 Å². The quantitative estimate of drug-likeness (QED) is 0.166. The van der Waals surface area contributed by atoms with E-state index in [1.807, 2.05) is 0 Å². The number of alkyl halides is 1. The first-order valence-corrected chi connectivity index (χ1v) is 13.9. The van der Waals surface area contributed by atoms with Gasteiger partial charge in [-0.3, -0.25) is 4.39 Å². The fourth-order valence-electron chi connectivity index (χ4n) is 5.17. The number of rotatable bonds is 10. The van der Waals surface area contributed by atoms with Crippen molar-refractivity contribution in [3.63, 3.8) is 0 Å². The predicted molar refractivity (Wildman–Crippen MR) is 152 cm³/mol. The number of hydrogen-bond donors (Lipinski definition) is 1. The highest BCUT2D eigenvalue weighted by Crippen LogP contribution is 2.48. The Bertz CT molecular complexity index is 1920. The molecule has 1 aliphatic carbocycles. The Hall–Kier alpha value is -4.80. The summed E-state index contributed by atoms with van der Waals surface area (Å²) in [5.41, 5.74) is -0.0715. The van der Waals surface area contributed by atoms with Gasteiger partial charge in [0.25, 0.3) is 0 Å². The van der Waals surface area contributed by atoms with Crippen LogP contribution < -0.4 is 4.74 Å². The SMILES string of the molecule is Cc1ccc(COc2cccc(-c3cc(F)c(Cc4nc5c(F)cc(C(=O)O)cc5n4CC4(CF)CC4)cc3F)n2)c(F)c1. The molecule has 1 saturated carbocycles. The van der Waals surface area contributed by atoms with Gasteiger partial charge in [0.1, 0.15) is 35.4 Å². The van der Waals surface area contributed by atoms with E-state index in [0.29, 0.717) is 18.4 Å². The Balaban J connectivity index is 1.30. The van der Waals surface area contributed by atoms with Crippen LogP contribution in [0.25, 0.3) is 22.3 Å². The molecule has 0 aliphatic heterocycles. The van der Waals surface area contributed by atoms with Gasteiger partial charge in [-0.25, -0.2) is 32.3 Å². The summed E-state index contributed by atoms with van der Waals surface area (Å²) in [6.07, 6.45) is 0.898. The van der Waals surface area contributed by atoms with E-state index in [9.17, 15) is 23.1 Å². The van der Waals surface area contributed by atoms with E-state index in [1.165, 1.54) is 28.8 Å². The van der Waals surface area contributed by atoms with Crippen molar-refractivity contribution in [3.05, 3.63) is 112 Å².